The predicted octanol–water partition coefficient (Wildman–Crippen LogP) is 3.78. The Hall–Kier alpha value is -1.62. The number of hydrogen-bond donors (Lipinski definition) is 1. The lowest BCUT2D eigenvalue weighted by Crippen LogP contribution is -2.54. The molecule has 0 spiro atoms. The number of methoxy groups -OCH3 is 1. The van der Waals surface area contributed by atoms with Gasteiger partial charge in [0.05, 0.1) is 12.5 Å². The quantitative estimate of drug-likeness (QED) is 0.604. The number of nitrogens with one attached hydrogen (secondary N) is 1. The monoisotopic (exact) mass is 378 g/mol. The Balaban J connectivity index is 1.73. The maximum absolute atomic E-state index is 13.1. The van der Waals surface area contributed by atoms with Crippen molar-refractivity contribution in [3.05, 3.63) is 29.0 Å². The summed E-state index contributed by atoms with van der Waals surface area (Å²) in [6, 6.07) is 3.00. The van der Waals surface area contributed by atoms with Crippen LogP contribution in [-0.4, -0.2) is 30.0 Å². The number of amides is 1. The normalized spacial score (nSPS) is 20.7. The van der Waals surface area contributed by atoms with Crippen LogP contribution in [0.15, 0.2) is 18.3 Å². The molecule has 0 radical (unpaired) electrons. The number of rotatable bonds is 6. The second-order valence-corrected chi connectivity index (χ2v) is 7.98. The highest BCUT2D eigenvalue weighted by Crippen LogP contribution is 2.44. The minimum Gasteiger partial charge on any atom is -0.467 e. The van der Waals surface area contributed by atoms with Gasteiger partial charge >= 0.3 is 5.97 Å². The van der Waals surface area contributed by atoms with Crippen molar-refractivity contribution in [2.45, 2.75) is 69.2 Å². The molecule has 0 aromatic carbocycles. The summed E-state index contributed by atoms with van der Waals surface area (Å²) < 4.78 is 4.96. The van der Waals surface area contributed by atoms with Gasteiger partial charge in [0.1, 0.15) is 11.2 Å². The summed E-state index contributed by atoms with van der Waals surface area (Å²) in [5, 5.41) is 3.41. The van der Waals surface area contributed by atoms with Crippen molar-refractivity contribution < 1.29 is 14.3 Å². The first-order valence-corrected chi connectivity index (χ1v) is 9.94. The largest absolute Gasteiger partial charge is 0.467 e. The van der Waals surface area contributed by atoms with Crippen molar-refractivity contribution >= 4 is 23.5 Å². The summed E-state index contributed by atoms with van der Waals surface area (Å²) in [6.45, 7) is 0. The van der Waals surface area contributed by atoms with Gasteiger partial charge in [0.25, 0.3) is 0 Å². The molecular weight excluding hydrogens is 352 g/mol. The van der Waals surface area contributed by atoms with E-state index in [1.54, 1.807) is 12.3 Å². The Morgan fingerprint density at radius 3 is 2.54 bits per heavy atom. The van der Waals surface area contributed by atoms with E-state index < -0.39 is 11.5 Å². The maximum Gasteiger partial charge on any atom is 0.328 e. The molecule has 3 rings (SSSR count). The van der Waals surface area contributed by atoms with E-state index in [0.29, 0.717) is 17.5 Å². The van der Waals surface area contributed by atoms with Crippen molar-refractivity contribution in [1.82, 2.24) is 10.3 Å². The standard InChI is InChI=1S/C20H27ClN2O3/c1-26-18(24)16(12-14-6-3-2-4-7-14)23-19(25)20(10-5-11-20)15-8-9-17(21)22-13-15/h8-9,13-14,16H,2-7,10-12H2,1H3,(H,23,25). The number of carbonyl (C=O) groups is 2. The fourth-order valence-electron chi connectivity index (χ4n) is 4.24. The molecule has 0 aliphatic heterocycles. The summed E-state index contributed by atoms with van der Waals surface area (Å²) in [7, 11) is 1.38. The average Bonchev–Trinajstić information content (AvgIpc) is 2.62. The van der Waals surface area contributed by atoms with E-state index in [0.717, 1.165) is 37.7 Å². The molecule has 1 aromatic heterocycles. The highest BCUT2D eigenvalue weighted by molar-refractivity contribution is 6.29. The third kappa shape index (κ3) is 4.03. The second-order valence-electron chi connectivity index (χ2n) is 7.59. The summed E-state index contributed by atoms with van der Waals surface area (Å²) in [5.41, 5.74) is 0.267. The number of aromatic nitrogens is 1. The van der Waals surface area contributed by atoms with Gasteiger partial charge < -0.3 is 10.1 Å². The molecule has 142 valence electrons. The molecule has 1 atom stereocenters. The van der Waals surface area contributed by atoms with Crippen LogP contribution < -0.4 is 5.32 Å². The van der Waals surface area contributed by atoms with Crippen LogP contribution in [0.4, 0.5) is 0 Å². The first kappa shape index (κ1) is 19.2. The van der Waals surface area contributed by atoms with E-state index in [9.17, 15) is 9.59 Å². The third-order valence-electron chi connectivity index (χ3n) is 6.01. The number of carbonyl (C=O) groups excluding carboxylic acids is 2. The summed E-state index contributed by atoms with van der Waals surface area (Å²) in [6.07, 6.45) is 10.8. The molecule has 2 fully saturated rings. The van der Waals surface area contributed by atoms with Gasteiger partial charge in [-0.05, 0) is 36.8 Å². The molecule has 6 heteroatoms. The number of esters is 1. The predicted molar refractivity (Wildman–Crippen MR) is 99.9 cm³/mol. The van der Waals surface area contributed by atoms with Crippen LogP contribution in [0.1, 0.15) is 63.4 Å². The zero-order valence-electron chi connectivity index (χ0n) is 15.3. The van der Waals surface area contributed by atoms with E-state index in [-0.39, 0.29) is 11.9 Å². The van der Waals surface area contributed by atoms with E-state index in [1.807, 2.05) is 6.07 Å². The smallest absolute Gasteiger partial charge is 0.328 e. The van der Waals surface area contributed by atoms with Gasteiger partial charge in [0, 0.05) is 6.20 Å². The first-order valence-electron chi connectivity index (χ1n) is 9.56. The lowest BCUT2D eigenvalue weighted by Gasteiger charge is -2.41. The summed E-state index contributed by atoms with van der Waals surface area (Å²) in [4.78, 5) is 29.5. The number of hydrogen-bond acceptors (Lipinski definition) is 4. The van der Waals surface area contributed by atoms with Crippen LogP contribution in [0.2, 0.25) is 5.15 Å². The molecule has 26 heavy (non-hydrogen) atoms. The molecular formula is C20H27ClN2O3. The molecule has 5 nitrogen and oxygen atoms in total. The SMILES string of the molecule is COC(=O)C(CC1CCCCC1)NC(=O)C1(c2ccc(Cl)nc2)CCC1. The van der Waals surface area contributed by atoms with E-state index in [4.69, 9.17) is 16.3 Å². The van der Waals surface area contributed by atoms with E-state index in [1.165, 1.54) is 26.4 Å². The maximum atomic E-state index is 13.1. The van der Waals surface area contributed by atoms with Crippen molar-refractivity contribution in [2.24, 2.45) is 5.92 Å². The molecule has 1 aromatic rings. The van der Waals surface area contributed by atoms with Crippen LogP contribution in [0.3, 0.4) is 0 Å². The van der Waals surface area contributed by atoms with Gasteiger partial charge in [-0.25, -0.2) is 9.78 Å². The highest BCUT2D eigenvalue weighted by atomic mass is 35.5. The molecule has 2 aliphatic carbocycles. The molecule has 2 aliphatic rings. The van der Waals surface area contributed by atoms with Gasteiger partial charge in [0.2, 0.25) is 5.91 Å². The van der Waals surface area contributed by atoms with Crippen LogP contribution in [-0.2, 0) is 19.7 Å². The number of nitrogens with zero attached hydrogens (tertiary/aromatic N) is 1. The van der Waals surface area contributed by atoms with E-state index in [2.05, 4.69) is 10.3 Å². The third-order valence-corrected chi connectivity index (χ3v) is 6.23. The Bertz CT molecular complexity index is 637. The molecule has 1 unspecified atom stereocenters. The fraction of sp³-hybridized carbons (Fsp3) is 0.650. The van der Waals surface area contributed by atoms with Gasteiger partial charge in [-0.3, -0.25) is 4.79 Å². The van der Waals surface area contributed by atoms with Gasteiger partial charge in [0.15, 0.2) is 0 Å². The van der Waals surface area contributed by atoms with Crippen molar-refractivity contribution in [1.29, 1.82) is 0 Å². The first-order chi connectivity index (χ1) is 12.5. The van der Waals surface area contributed by atoms with Crippen molar-refractivity contribution in [3.8, 4) is 0 Å². The highest BCUT2D eigenvalue weighted by Gasteiger charge is 2.47. The lowest BCUT2D eigenvalue weighted by atomic mass is 9.64. The van der Waals surface area contributed by atoms with Crippen LogP contribution in [0.5, 0.6) is 0 Å². The number of pyridine rings is 1. The molecule has 2 saturated carbocycles. The van der Waals surface area contributed by atoms with Crippen molar-refractivity contribution in [2.75, 3.05) is 7.11 Å². The minimum absolute atomic E-state index is 0.0981. The van der Waals surface area contributed by atoms with Crippen LogP contribution in [0.25, 0.3) is 0 Å². The van der Waals surface area contributed by atoms with Gasteiger partial charge in [-0.2, -0.15) is 0 Å². The Morgan fingerprint density at radius 2 is 2.00 bits per heavy atom. The summed E-state index contributed by atoms with van der Waals surface area (Å²) in [5.74, 6) is 0.0226. The fourth-order valence-corrected chi connectivity index (χ4v) is 4.36. The molecule has 1 heterocycles. The van der Waals surface area contributed by atoms with Gasteiger partial charge in [-0.15, -0.1) is 0 Å². The van der Waals surface area contributed by atoms with E-state index >= 15 is 0 Å². The second kappa shape index (κ2) is 8.38. The molecule has 1 N–H and O–H groups in total. The molecule has 0 bridgehead atoms. The minimum atomic E-state index is -0.601. The Kier molecular flexibility index (Phi) is 6.17. The molecule has 1 amide bonds. The molecule has 0 saturated heterocycles. The van der Waals surface area contributed by atoms with Crippen LogP contribution in [0, 0.1) is 5.92 Å². The zero-order chi connectivity index (χ0) is 18.6. The Labute approximate surface area is 159 Å². The number of ether oxygens (including phenoxy) is 1. The lowest BCUT2D eigenvalue weighted by molar-refractivity contribution is -0.147. The average molecular weight is 379 g/mol. The Morgan fingerprint density at radius 1 is 1.27 bits per heavy atom. The van der Waals surface area contributed by atoms with Crippen LogP contribution >= 0.6 is 11.6 Å². The van der Waals surface area contributed by atoms with Crippen molar-refractivity contribution in [3.63, 3.8) is 0 Å². The number of halogens is 1. The zero-order valence-corrected chi connectivity index (χ0v) is 16.1. The topological polar surface area (TPSA) is 68.3 Å². The summed E-state index contributed by atoms with van der Waals surface area (Å²) >= 11 is 5.88. The van der Waals surface area contributed by atoms with Gasteiger partial charge in [-0.1, -0.05) is 56.2 Å².